The maximum absolute atomic E-state index is 5.89. The highest BCUT2D eigenvalue weighted by Crippen LogP contribution is 2.30. The Balaban J connectivity index is 2.31. The van der Waals surface area contributed by atoms with E-state index < -0.39 is 0 Å². The van der Waals surface area contributed by atoms with E-state index in [1.165, 1.54) is 51.4 Å². The maximum atomic E-state index is 5.89. The lowest BCUT2D eigenvalue weighted by molar-refractivity contribution is 0.258. The maximum Gasteiger partial charge on any atom is 0.163 e. The van der Waals surface area contributed by atoms with E-state index >= 15 is 0 Å². The molecule has 1 aromatic carbocycles. The van der Waals surface area contributed by atoms with Crippen molar-refractivity contribution in [1.29, 1.82) is 0 Å². The average Bonchev–Trinajstić information content (AvgIpc) is 2.55. The summed E-state index contributed by atoms with van der Waals surface area (Å²) in [5.74, 6) is 1.61. The Hall–Kier alpha value is -1.38. The van der Waals surface area contributed by atoms with Crippen molar-refractivity contribution in [2.75, 3.05) is 18.9 Å². The van der Waals surface area contributed by atoms with Crippen molar-refractivity contribution in [2.24, 2.45) is 0 Å². The molecular formula is C20H35NO2. The van der Waals surface area contributed by atoms with E-state index in [4.69, 9.17) is 15.2 Å². The number of hydrogen-bond donors (Lipinski definition) is 1. The zero-order valence-corrected chi connectivity index (χ0v) is 15.1. The van der Waals surface area contributed by atoms with Crippen molar-refractivity contribution >= 4 is 5.69 Å². The van der Waals surface area contributed by atoms with Crippen LogP contribution in [-0.4, -0.2) is 13.2 Å². The molecule has 0 fully saturated rings. The second kappa shape index (κ2) is 13.1. The Bertz CT molecular complexity index is 407. The molecule has 0 aromatic heterocycles. The zero-order chi connectivity index (χ0) is 16.8. The zero-order valence-electron chi connectivity index (χ0n) is 15.1. The van der Waals surface area contributed by atoms with E-state index in [0.29, 0.717) is 0 Å². The van der Waals surface area contributed by atoms with Crippen LogP contribution in [0.25, 0.3) is 0 Å². The van der Waals surface area contributed by atoms with E-state index in [2.05, 4.69) is 13.8 Å². The van der Waals surface area contributed by atoms with Gasteiger partial charge in [-0.1, -0.05) is 65.2 Å². The summed E-state index contributed by atoms with van der Waals surface area (Å²) in [6, 6.07) is 5.67. The molecule has 0 saturated heterocycles. The SMILES string of the molecule is CCCCCCCOc1ccc(N)cc1OCCCCCCC. The molecule has 0 aliphatic carbocycles. The Morgan fingerprint density at radius 3 is 1.78 bits per heavy atom. The van der Waals surface area contributed by atoms with Crippen LogP contribution in [0.5, 0.6) is 11.5 Å². The quantitative estimate of drug-likeness (QED) is 0.339. The van der Waals surface area contributed by atoms with E-state index in [9.17, 15) is 0 Å². The summed E-state index contributed by atoms with van der Waals surface area (Å²) in [5, 5.41) is 0. The fraction of sp³-hybridized carbons (Fsp3) is 0.700. The number of ether oxygens (including phenoxy) is 2. The van der Waals surface area contributed by atoms with Crippen molar-refractivity contribution in [2.45, 2.75) is 78.1 Å². The number of unbranched alkanes of at least 4 members (excludes halogenated alkanes) is 8. The first kappa shape index (κ1) is 19.7. The van der Waals surface area contributed by atoms with Crippen LogP contribution in [0, 0.1) is 0 Å². The van der Waals surface area contributed by atoms with E-state index in [1.54, 1.807) is 0 Å². The van der Waals surface area contributed by atoms with Gasteiger partial charge in [0.05, 0.1) is 13.2 Å². The molecule has 0 radical (unpaired) electrons. The molecule has 1 aromatic rings. The van der Waals surface area contributed by atoms with Crippen LogP contribution in [0.4, 0.5) is 5.69 Å². The van der Waals surface area contributed by atoms with E-state index in [1.807, 2.05) is 18.2 Å². The fourth-order valence-corrected chi connectivity index (χ4v) is 2.53. The van der Waals surface area contributed by atoms with Crippen molar-refractivity contribution in [3.05, 3.63) is 18.2 Å². The minimum absolute atomic E-state index is 0.723. The van der Waals surface area contributed by atoms with E-state index in [-0.39, 0.29) is 0 Å². The molecule has 0 atom stereocenters. The van der Waals surface area contributed by atoms with Gasteiger partial charge < -0.3 is 15.2 Å². The standard InChI is InChI=1S/C20H35NO2/c1-3-5-7-9-11-15-22-19-14-13-18(21)17-20(19)23-16-12-10-8-6-4-2/h13-14,17H,3-12,15-16,21H2,1-2H3. The third-order valence-corrected chi connectivity index (χ3v) is 3.98. The molecule has 132 valence electrons. The summed E-state index contributed by atoms with van der Waals surface area (Å²) in [7, 11) is 0. The van der Waals surface area contributed by atoms with Crippen molar-refractivity contribution in [1.82, 2.24) is 0 Å². The smallest absolute Gasteiger partial charge is 0.163 e. The van der Waals surface area contributed by atoms with Crippen LogP contribution in [0.2, 0.25) is 0 Å². The van der Waals surface area contributed by atoms with Gasteiger partial charge in [0.1, 0.15) is 0 Å². The van der Waals surface area contributed by atoms with Gasteiger partial charge in [-0.25, -0.2) is 0 Å². The molecule has 2 N–H and O–H groups in total. The molecule has 3 heteroatoms. The van der Waals surface area contributed by atoms with Gasteiger partial charge in [0.2, 0.25) is 0 Å². The van der Waals surface area contributed by atoms with Crippen LogP contribution in [0.1, 0.15) is 78.1 Å². The lowest BCUT2D eigenvalue weighted by Crippen LogP contribution is -2.03. The molecule has 0 heterocycles. The first-order valence-corrected chi connectivity index (χ1v) is 9.43. The molecule has 3 nitrogen and oxygen atoms in total. The van der Waals surface area contributed by atoms with Gasteiger partial charge in [-0.2, -0.15) is 0 Å². The molecule has 0 amide bonds. The molecular weight excluding hydrogens is 286 g/mol. The molecule has 0 spiro atoms. The minimum atomic E-state index is 0.723. The number of hydrogen-bond acceptors (Lipinski definition) is 3. The molecule has 0 bridgehead atoms. The summed E-state index contributed by atoms with van der Waals surface area (Å²) < 4.78 is 11.8. The molecule has 1 rings (SSSR count). The first-order valence-electron chi connectivity index (χ1n) is 9.43. The topological polar surface area (TPSA) is 44.5 Å². The summed E-state index contributed by atoms with van der Waals surface area (Å²) in [6.45, 7) is 5.95. The average molecular weight is 322 g/mol. The summed E-state index contributed by atoms with van der Waals surface area (Å²) in [6.07, 6.45) is 12.4. The van der Waals surface area contributed by atoms with Crippen LogP contribution in [-0.2, 0) is 0 Å². The Kier molecular flexibility index (Phi) is 11.2. The largest absolute Gasteiger partial charge is 0.490 e. The number of anilines is 1. The summed E-state index contributed by atoms with van der Waals surface area (Å²) in [4.78, 5) is 0. The molecule has 0 aliphatic rings. The van der Waals surface area contributed by atoms with Gasteiger partial charge in [-0.05, 0) is 25.0 Å². The molecule has 0 aliphatic heterocycles. The second-order valence-corrected chi connectivity index (χ2v) is 6.23. The molecule has 0 saturated carbocycles. The first-order chi connectivity index (χ1) is 11.3. The highest BCUT2D eigenvalue weighted by Gasteiger charge is 2.06. The van der Waals surface area contributed by atoms with Gasteiger partial charge in [-0.3, -0.25) is 0 Å². The van der Waals surface area contributed by atoms with Crippen LogP contribution >= 0.6 is 0 Å². The predicted molar refractivity (Wildman–Crippen MR) is 99.4 cm³/mol. The molecule has 23 heavy (non-hydrogen) atoms. The van der Waals surface area contributed by atoms with E-state index in [0.717, 1.165) is 43.2 Å². The Morgan fingerprint density at radius 1 is 0.696 bits per heavy atom. The minimum Gasteiger partial charge on any atom is -0.490 e. The lowest BCUT2D eigenvalue weighted by atomic mass is 10.2. The van der Waals surface area contributed by atoms with Crippen LogP contribution < -0.4 is 15.2 Å². The monoisotopic (exact) mass is 321 g/mol. The predicted octanol–water partition coefficient (Wildman–Crippen LogP) is 5.97. The summed E-state index contributed by atoms with van der Waals surface area (Å²) >= 11 is 0. The van der Waals surface area contributed by atoms with Gasteiger partial charge in [0.15, 0.2) is 11.5 Å². The Morgan fingerprint density at radius 2 is 1.22 bits per heavy atom. The molecule has 0 unspecified atom stereocenters. The number of benzene rings is 1. The fourth-order valence-electron chi connectivity index (χ4n) is 2.53. The number of rotatable bonds is 14. The van der Waals surface area contributed by atoms with Gasteiger partial charge in [-0.15, -0.1) is 0 Å². The number of nitrogen functional groups attached to an aromatic ring is 1. The highest BCUT2D eigenvalue weighted by molar-refractivity contribution is 5.51. The van der Waals surface area contributed by atoms with Crippen molar-refractivity contribution in [3.63, 3.8) is 0 Å². The summed E-state index contributed by atoms with van der Waals surface area (Å²) in [5.41, 5.74) is 6.59. The van der Waals surface area contributed by atoms with Gasteiger partial charge in [0.25, 0.3) is 0 Å². The third-order valence-electron chi connectivity index (χ3n) is 3.98. The van der Waals surface area contributed by atoms with Crippen LogP contribution in [0.15, 0.2) is 18.2 Å². The van der Waals surface area contributed by atoms with Crippen molar-refractivity contribution < 1.29 is 9.47 Å². The van der Waals surface area contributed by atoms with Gasteiger partial charge >= 0.3 is 0 Å². The highest BCUT2D eigenvalue weighted by atomic mass is 16.5. The lowest BCUT2D eigenvalue weighted by Gasteiger charge is -2.13. The normalized spacial score (nSPS) is 10.7. The van der Waals surface area contributed by atoms with Crippen molar-refractivity contribution in [3.8, 4) is 11.5 Å². The van der Waals surface area contributed by atoms with Crippen LogP contribution in [0.3, 0.4) is 0 Å². The Labute approximate surface area is 142 Å². The second-order valence-electron chi connectivity index (χ2n) is 6.23. The number of nitrogens with two attached hydrogens (primary N) is 1. The third kappa shape index (κ3) is 9.37. The van der Waals surface area contributed by atoms with Gasteiger partial charge in [0, 0.05) is 11.8 Å².